The molecule has 0 aliphatic rings. The number of benzene rings is 1. The molecular weight excluding hydrogens is 260 g/mol. The lowest BCUT2D eigenvalue weighted by atomic mass is 10.2. The number of aromatic nitrogens is 2. The summed E-state index contributed by atoms with van der Waals surface area (Å²) >= 11 is 0. The average molecular weight is 276 g/mol. The van der Waals surface area contributed by atoms with E-state index in [0.717, 1.165) is 0 Å². The number of nitrogens with zero attached hydrogens (tertiary/aromatic N) is 1. The van der Waals surface area contributed by atoms with Gasteiger partial charge in [-0.15, -0.1) is 0 Å². The monoisotopic (exact) mass is 276 g/mol. The Hall–Kier alpha value is -2.70. The van der Waals surface area contributed by atoms with Crippen LogP contribution in [0.25, 0.3) is 0 Å². The van der Waals surface area contributed by atoms with Crippen LogP contribution in [0.15, 0.2) is 18.3 Å². The summed E-state index contributed by atoms with van der Waals surface area (Å²) < 4.78 is 10.3. The van der Waals surface area contributed by atoms with Crippen molar-refractivity contribution >= 4 is 17.3 Å². The number of H-pyrrole nitrogens is 1. The second-order valence-electron chi connectivity index (χ2n) is 4.16. The summed E-state index contributed by atoms with van der Waals surface area (Å²) in [7, 11) is 3.03. The molecule has 2 rings (SSSR count). The first-order valence-corrected chi connectivity index (χ1v) is 5.89. The molecule has 1 aromatic carbocycles. The standard InChI is InChI=1S/C13H16N4O3/c1-7-8(6-15-17-7)13(18)16-10-5-12(20-3)11(19-2)4-9(10)14/h4-6H,14H2,1-3H3,(H,15,17)(H,16,18). The number of carbonyl (C=O) groups is 1. The van der Waals surface area contributed by atoms with Crippen LogP contribution in [0, 0.1) is 6.92 Å². The number of nitrogen functional groups attached to an aromatic ring is 1. The summed E-state index contributed by atoms with van der Waals surface area (Å²) in [6, 6.07) is 3.21. The van der Waals surface area contributed by atoms with Gasteiger partial charge in [-0.05, 0) is 6.92 Å². The molecule has 0 radical (unpaired) electrons. The largest absolute Gasteiger partial charge is 0.493 e. The summed E-state index contributed by atoms with van der Waals surface area (Å²) in [6.07, 6.45) is 1.46. The number of nitrogens with two attached hydrogens (primary N) is 1. The molecule has 0 spiro atoms. The van der Waals surface area contributed by atoms with E-state index in [1.54, 1.807) is 19.1 Å². The molecular formula is C13H16N4O3. The first-order valence-electron chi connectivity index (χ1n) is 5.89. The molecule has 0 unspecified atom stereocenters. The van der Waals surface area contributed by atoms with Gasteiger partial charge in [-0.1, -0.05) is 0 Å². The number of aromatic amines is 1. The SMILES string of the molecule is COc1cc(N)c(NC(=O)c2cn[nH]c2C)cc1OC. The smallest absolute Gasteiger partial charge is 0.259 e. The molecule has 1 heterocycles. The molecule has 1 amide bonds. The van der Waals surface area contributed by atoms with Crippen molar-refractivity contribution < 1.29 is 14.3 Å². The highest BCUT2D eigenvalue weighted by molar-refractivity contribution is 6.06. The van der Waals surface area contributed by atoms with Crippen LogP contribution in [0.2, 0.25) is 0 Å². The summed E-state index contributed by atoms with van der Waals surface area (Å²) in [5.74, 6) is 0.693. The molecule has 106 valence electrons. The van der Waals surface area contributed by atoms with Gasteiger partial charge in [-0.25, -0.2) is 0 Å². The predicted octanol–water partition coefficient (Wildman–Crippen LogP) is 1.57. The predicted molar refractivity (Wildman–Crippen MR) is 75.2 cm³/mol. The lowest BCUT2D eigenvalue weighted by molar-refractivity contribution is 0.102. The highest BCUT2D eigenvalue weighted by atomic mass is 16.5. The van der Waals surface area contributed by atoms with Gasteiger partial charge in [0.1, 0.15) is 0 Å². The summed E-state index contributed by atoms with van der Waals surface area (Å²) in [4.78, 5) is 12.1. The van der Waals surface area contributed by atoms with E-state index in [2.05, 4.69) is 15.5 Å². The molecule has 0 aliphatic heterocycles. The van der Waals surface area contributed by atoms with Crippen molar-refractivity contribution in [1.82, 2.24) is 10.2 Å². The van der Waals surface area contributed by atoms with E-state index >= 15 is 0 Å². The minimum atomic E-state index is -0.296. The number of anilines is 2. The lowest BCUT2D eigenvalue weighted by Gasteiger charge is -2.13. The number of methoxy groups -OCH3 is 2. The third-order valence-corrected chi connectivity index (χ3v) is 2.88. The van der Waals surface area contributed by atoms with Crippen LogP contribution >= 0.6 is 0 Å². The van der Waals surface area contributed by atoms with Gasteiger partial charge in [0.25, 0.3) is 5.91 Å². The van der Waals surface area contributed by atoms with Crippen molar-refractivity contribution in [1.29, 1.82) is 0 Å². The van der Waals surface area contributed by atoms with Crippen molar-refractivity contribution in [2.75, 3.05) is 25.3 Å². The third-order valence-electron chi connectivity index (χ3n) is 2.88. The Morgan fingerprint density at radius 3 is 2.50 bits per heavy atom. The van der Waals surface area contributed by atoms with Crippen molar-refractivity contribution in [2.24, 2.45) is 0 Å². The molecule has 0 saturated heterocycles. The second-order valence-corrected chi connectivity index (χ2v) is 4.16. The van der Waals surface area contributed by atoms with E-state index in [4.69, 9.17) is 15.2 Å². The molecule has 7 nitrogen and oxygen atoms in total. The minimum Gasteiger partial charge on any atom is -0.493 e. The molecule has 4 N–H and O–H groups in total. The van der Waals surface area contributed by atoms with E-state index in [-0.39, 0.29) is 5.91 Å². The Morgan fingerprint density at radius 2 is 1.95 bits per heavy atom. The average Bonchev–Trinajstić information content (AvgIpc) is 2.86. The van der Waals surface area contributed by atoms with Gasteiger partial charge in [0, 0.05) is 17.8 Å². The zero-order chi connectivity index (χ0) is 14.7. The zero-order valence-corrected chi connectivity index (χ0v) is 11.5. The molecule has 7 heteroatoms. The van der Waals surface area contributed by atoms with Gasteiger partial charge < -0.3 is 20.5 Å². The molecule has 0 atom stereocenters. The fraction of sp³-hybridized carbons (Fsp3) is 0.231. The topological polar surface area (TPSA) is 102 Å². The van der Waals surface area contributed by atoms with Crippen molar-refractivity contribution in [3.8, 4) is 11.5 Å². The molecule has 2 aromatic rings. The maximum Gasteiger partial charge on any atom is 0.259 e. The normalized spacial score (nSPS) is 10.2. The number of rotatable bonds is 4. The molecule has 20 heavy (non-hydrogen) atoms. The maximum absolute atomic E-state index is 12.1. The fourth-order valence-corrected chi connectivity index (χ4v) is 1.77. The highest BCUT2D eigenvalue weighted by Gasteiger charge is 2.15. The summed E-state index contributed by atoms with van der Waals surface area (Å²) in [5.41, 5.74) is 7.86. The second kappa shape index (κ2) is 5.52. The first kappa shape index (κ1) is 13.7. The van der Waals surface area contributed by atoms with E-state index < -0.39 is 0 Å². The van der Waals surface area contributed by atoms with Gasteiger partial charge in [-0.2, -0.15) is 5.10 Å². The van der Waals surface area contributed by atoms with E-state index in [1.807, 2.05) is 0 Å². The molecule has 0 aliphatic carbocycles. The number of hydrogen-bond donors (Lipinski definition) is 3. The van der Waals surface area contributed by atoms with E-state index in [9.17, 15) is 4.79 Å². The van der Waals surface area contributed by atoms with Gasteiger partial charge in [0.05, 0.1) is 37.4 Å². The molecule has 0 bridgehead atoms. The number of aryl methyl sites for hydroxylation is 1. The minimum absolute atomic E-state index is 0.296. The van der Waals surface area contributed by atoms with Gasteiger partial charge in [0.15, 0.2) is 11.5 Å². The van der Waals surface area contributed by atoms with Crippen LogP contribution in [0.4, 0.5) is 11.4 Å². The fourth-order valence-electron chi connectivity index (χ4n) is 1.77. The van der Waals surface area contributed by atoms with Crippen LogP contribution in [0.3, 0.4) is 0 Å². The number of hydrogen-bond acceptors (Lipinski definition) is 5. The zero-order valence-electron chi connectivity index (χ0n) is 11.5. The van der Waals surface area contributed by atoms with Crippen molar-refractivity contribution in [3.05, 3.63) is 29.6 Å². The highest BCUT2D eigenvalue weighted by Crippen LogP contribution is 2.34. The summed E-state index contributed by atoms with van der Waals surface area (Å²) in [5, 5.41) is 9.23. The van der Waals surface area contributed by atoms with E-state index in [1.165, 1.54) is 20.4 Å². The van der Waals surface area contributed by atoms with Gasteiger partial charge in [-0.3, -0.25) is 9.89 Å². The Bertz CT molecular complexity index is 637. The number of carbonyl (C=O) groups excluding carboxylic acids is 1. The van der Waals surface area contributed by atoms with Crippen LogP contribution in [0.1, 0.15) is 16.1 Å². The first-order chi connectivity index (χ1) is 9.56. The number of amides is 1. The molecule has 1 aromatic heterocycles. The Morgan fingerprint density at radius 1 is 1.30 bits per heavy atom. The lowest BCUT2D eigenvalue weighted by Crippen LogP contribution is -2.14. The van der Waals surface area contributed by atoms with Crippen LogP contribution in [-0.2, 0) is 0 Å². The molecule has 0 fully saturated rings. The Kier molecular flexibility index (Phi) is 3.79. The van der Waals surface area contributed by atoms with Crippen molar-refractivity contribution in [2.45, 2.75) is 6.92 Å². The van der Waals surface area contributed by atoms with Gasteiger partial charge >= 0.3 is 0 Å². The number of ether oxygens (including phenoxy) is 2. The van der Waals surface area contributed by atoms with Crippen LogP contribution < -0.4 is 20.5 Å². The third kappa shape index (κ3) is 2.51. The Balaban J connectivity index is 2.30. The van der Waals surface area contributed by atoms with E-state index in [0.29, 0.717) is 34.1 Å². The summed E-state index contributed by atoms with van der Waals surface area (Å²) in [6.45, 7) is 1.76. The van der Waals surface area contributed by atoms with Crippen molar-refractivity contribution in [3.63, 3.8) is 0 Å². The molecule has 0 saturated carbocycles. The van der Waals surface area contributed by atoms with Gasteiger partial charge in [0.2, 0.25) is 0 Å². The van der Waals surface area contributed by atoms with Crippen LogP contribution in [0.5, 0.6) is 11.5 Å². The quantitative estimate of drug-likeness (QED) is 0.736. The number of nitrogens with one attached hydrogen (secondary N) is 2. The Labute approximate surface area is 116 Å². The van der Waals surface area contributed by atoms with Crippen LogP contribution in [-0.4, -0.2) is 30.3 Å². The maximum atomic E-state index is 12.1.